The molecular formula is C11H15ClN2O. The highest BCUT2D eigenvalue weighted by molar-refractivity contribution is 6.30. The number of likely N-dealkylation sites (N-methyl/N-ethyl adjacent to an activating group) is 1. The lowest BCUT2D eigenvalue weighted by Crippen LogP contribution is -2.32. The van der Waals surface area contributed by atoms with Crippen LogP contribution in [0.3, 0.4) is 0 Å². The summed E-state index contributed by atoms with van der Waals surface area (Å²) < 4.78 is 0. The largest absolute Gasteiger partial charge is 0.344 e. The first-order valence-electron chi connectivity index (χ1n) is 4.82. The SMILES string of the molecule is CN(CCN)C(=O)Cc1cccc(Cl)c1. The molecule has 0 aromatic heterocycles. The maximum Gasteiger partial charge on any atom is 0.226 e. The van der Waals surface area contributed by atoms with Gasteiger partial charge in [0, 0.05) is 25.2 Å². The summed E-state index contributed by atoms with van der Waals surface area (Å²) in [5, 5.41) is 0.654. The number of carbonyl (C=O) groups excluding carboxylic acids is 1. The maximum atomic E-state index is 11.6. The van der Waals surface area contributed by atoms with E-state index >= 15 is 0 Å². The molecule has 1 rings (SSSR count). The summed E-state index contributed by atoms with van der Waals surface area (Å²) in [6.07, 6.45) is 0.372. The molecule has 0 aliphatic carbocycles. The first-order chi connectivity index (χ1) is 7.13. The molecule has 1 aromatic carbocycles. The van der Waals surface area contributed by atoms with E-state index in [0.717, 1.165) is 5.56 Å². The van der Waals surface area contributed by atoms with Crippen LogP contribution in [0.2, 0.25) is 5.02 Å². The topological polar surface area (TPSA) is 46.3 Å². The van der Waals surface area contributed by atoms with Crippen LogP contribution < -0.4 is 5.73 Å². The second-order valence-corrected chi connectivity index (χ2v) is 3.85. The van der Waals surface area contributed by atoms with Crippen molar-refractivity contribution in [1.29, 1.82) is 0 Å². The molecule has 0 spiro atoms. The molecule has 0 aliphatic rings. The zero-order chi connectivity index (χ0) is 11.3. The van der Waals surface area contributed by atoms with Crippen LogP contribution in [0.5, 0.6) is 0 Å². The molecule has 0 heterocycles. The van der Waals surface area contributed by atoms with Gasteiger partial charge >= 0.3 is 0 Å². The summed E-state index contributed by atoms with van der Waals surface area (Å²) >= 11 is 5.82. The maximum absolute atomic E-state index is 11.6. The molecule has 0 bridgehead atoms. The van der Waals surface area contributed by atoms with Gasteiger partial charge in [-0.05, 0) is 17.7 Å². The van der Waals surface area contributed by atoms with Crippen molar-refractivity contribution in [3.05, 3.63) is 34.9 Å². The van der Waals surface area contributed by atoms with E-state index in [0.29, 0.717) is 24.5 Å². The smallest absolute Gasteiger partial charge is 0.226 e. The van der Waals surface area contributed by atoms with E-state index < -0.39 is 0 Å². The number of carbonyl (C=O) groups is 1. The lowest BCUT2D eigenvalue weighted by Gasteiger charge is -2.15. The lowest BCUT2D eigenvalue weighted by atomic mass is 10.1. The molecule has 0 radical (unpaired) electrons. The van der Waals surface area contributed by atoms with E-state index in [1.54, 1.807) is 24.1 Å². The fraction of sp³-hybridized carbons (Fsp3) is 0.364. The summed E-state index contributed by atoms with van der Waals surface area (Å²) in [5.74, 6) is 0.0581. The van der Waals surface area contributed by atoms with Crippen LogP contribution in [0, 0.1) is 0 Å². The Kier molecular flexibility index (Phi) is 4.59. The molecule has 0 aliphatic heterocycles. The zero-order valence-electron chi connectivity index (χ0n) is 8.74. The van der Waals surface area contributed by atoms with Gasteiger partial charge in [0.2, 0.25) is 5.91 Å². The second kappa shape index (κ2) is 5.73. The summed E-state index contributed by atoms with van der Waals surface area (Å²) in [7, 11) is 1.75. The van der Waals surface area contributed by atoms with E-state index in [9.17, 15) is 4.79 Å². The predicted molar refractivity (Wildman–Crippen MR) is 61.8 cm³/mol. The molecule has 2 N–H and O–H groups in total. The molecule has 4 heteroatoms. The standard InChI is InChI=1S/C11H15ClN2O/c1-14(6-5-13)11(15)8-9-3-2-4-10(12)7-9/h2-4,7H,5-6,8,13H2,1H3. The van der Waals surface area contributed by atoms with Gasteiger partial charge in [0.15, 0.2) is 0 Å². The molecule has 0 saturated heterocycles. The van der Waals surface area contributed by atoms with Crippen molar-refractivity contribution >= 4 is 17.5 Å². The van der Waals surface area contributed by atoms with Crippen LogP contribution in [0.15, 0.2) is 24.3 Å². The highest BCUT2D eigenvalue weighted by atomic mass is 35.5. The molecule has 0 saturated carbocycles. The molecule has 82 valence electrons. The number of rotatable bonds is 4. The average Bonchev–Trinajstić information content (AvgIpc) is 2.18. The summed E-state index contributed by atoms with van der Waals surface area (Å²) in [5.41, 5.74) is 6.30. The van der Waals surface area contributed by atoms with E-state index in [2.05, 4.69) is 0 Å². The summed E-state index contributed by atoms with van der Waals surface area (Å²) in [6, 6.07) is 7.32. The van der Waals surface area contributed by atoms with Gasteiger partial charge < -0.3 is 10.6 Å². The van der Waals surface area contributed by atoms with Crippen molar-refractivity contribution in [2.45, 2.75) is 6.42 Å². The number of amides is 1. The third-order valence-electron chi connectivity index (χ3n) is 2.13. The van der Waals surface area contributed by atoms with Crippen LogP contribution in [-0.4, -0.2) is 30.9 Å². The van der Waals surface area contributed by atoms with Crippen LogP contribution >= 0.6 is 11.6 Å². The first-order valence-corrected chi connectivity index (χ1v) is 5.19. The van der Waals surface area contributed by atoms with E-state index in [-0.39, 0.29) is 5.91 Å². The second-order valence-electron chi connectivity index (χ2n) is 3.41. The summed E-state index contributed by atoms with van der Waals surface area (Å²) in [6.45, 7) is 1.07. The average molecular weight is 227 g/mol. The minimum absolute atomic E-state index is 0.0581. The predicted octanol–water partition coefficient (Wildman–Crippen LogP) is 1.30. The van der Waals surface area contributed by atoms with Crippen LogP contribution in [-0.2, 0) is 11.2 Å². The number of benzene rings is 1. The van der Waals surface area contributed by atoms with Crippen molar-refractivity contribution < 1.29 is 4.79 Å². The van der Waals surface area contributed by atoms with Crippen LogP contribution in [0.1, 0.15) is 5.56 Å². The highest BCUT2D eigenvalue weighted by Gasteiger charge is 2.08. The molecule has 15 heavy (non-hydrogen) atoms. The van der Waals surface area contributed by atoms with Crippen molar-refractivity contribution in [3.63, 3.8) is 0 Å². The minimum atomic E-state index is 0.0581. The third-order valence-corrected chi connectivity index (χ3v) is 2.37. The number of halogens is 1. The van der Waals surface area contributed by atoms with E-state index in [1.165, 1.54) is 0 Å². The fourth-order valence-electron chi connectivity index (χ4n) is 1.27. The van der Waals surface area contributed by atoms with Gasteiger partial charge in [-0.2, -0.15) is 0 Å². The lowest BCUT2D eigenvalue weighted by molar-refractivity contribution is -0.129. The monoisotopic (exact) mass is 226 g/mol. The Balaban J connectivity index is 2.58. The van der Waals surface area contributed by atoms with E-state index in [4.69, 9.17) is 17.3 Å². The van der Waals surface area contributed by atoms with Gasteiger partial charge in [-0.25, -0.2) is 0 Å². The Hall–Kier alpha value is -1.06. The Morgan fingerprint density at radius 3 is 2.87 bits per heavy atom. The van der Waals surface area contributed by atoms with Crippen molar-refractivity contribution in [3.8, 4) is 0 Å². The highest BCUT2D eigenvalue weighted by Crippen LogP contribution is 2.11. The van der Waals surface area contributed by atoms with Gasteiger partial charge in [-0.1, -0.05) is 23.7 Å². The van der Waals surface area contributed by atoms with Gasteiger partial charge in [0.25, 0.3) is 0 Å². The molecule has 3 nitrogen and oxygen atoms in total. The number of nitrogens with two attached hydrogens (primary N) is 1. The number of nitrogens with zero attached hydrogens (tertiary/aromatic N) is 1. The zero-order valence-corrected chi connectivity index (χ0v) is 9.50. The molecule has 0 fully saturated rings. The third kappa shape index (κ3) is 3.90. The van der Waals surface area contributed by atoms with Crippen molar-refractivity contribution in [1.82, 2.24) is 4.90 Å². The Bertz CT molecular complexity index is 341. The van der Waals surface area contributed by atoms with Crippen LogP contribution in [0.25, 0.3) is 0 Å². The first kappa shape index (κ1) is 12.0. The molecule has 1 aromatic rings. The van der Waals surface area contributed by atoms with E-state index in [1.807, 2.05) is 12.1 Å². The normalized spacial score (nSPS) is 10.1. The fourth-order valence-corrected chi connectivity index (χ4v) is 1.49. The molecule has 0 unspecified atom stereocenters. The van der Waals surface area contributed by atoms with Gasteiger partial charge in [0.05, 0.1) is 6.42 Å². The van der Waals surface area contributed by atoms with Crippen molar-refractivity contribution in [2.24, 2.45) is 5.73 Å². The molecule has 1 amide bonds. The van der Waals surface area contributed by atoms with Crippen molar-refractivity contribution in [2.75, 3.05) is 20.1 Å². The number of hydrogen-bond donors (Lipinski definition) is 1. The van der Waals surface area contributed by atoms with Gasteiger partial charge in [-0.3, -0.25) is 4.79 Å². The van der Waals surface area contributed by atoms with Gasteiger partial charge in [0.1, 0.15) is 0 Å². The Labute approximate surface area is 94.8 Å². The Morgan fingerprint density at radius 2 is 2.27 bits per heavy atom. The molecular weight excluding hydrogens is 212 g/mol. The Morgan fingerprint density at radius 1 is 1.53 bits per heavy atom. The number of hydrogen-bond acceptors (Lipinski definition) is 2. The van der Waals surface area contributed by atoms with Crippen LogP contribution in [0.4, 0.5) is 0 Å². The quantitative estimate of drug-likeness (QED) is 0.841. The summed E-state index contributed by atoms with van der Waals surface area (Å²) in [4.78, 5) is 13.3. The van der Waals surface area contributed by atoms with Gasteiger partial charge in [-0.15, -0.1) is 0 Å². The minimum Gasteiger partial charge on any atom is -0.344 e. The molecule has 0 atom stereocenters.